The van der Waals surface area contributed by atoms with E-state index < -0.39 is 6.10 Å². The van der Waals surface area contributed by atoms with Crippen molar-refractivity contribution >= 4 is 0 Å². The van der Waals surface area contributed by atoms with Crippen LogP contribution in [-0.4, -0.2) is 22.4 Å². The number of aliphatic hydroxyl groups excluding tert-OH is 2. The Kier molecular flexibility index (Phi) is 4.36. The molecule has 0 heterocycles. The molecule has 2 atom stereocenters. The summed E-state index contributed by atoms with van der Waals surface area (Å²) in [5, 5.41) is 17.6. The van der Waals surface area contributed by atoms with Crippen molar-refractivity contribution < 1.29 is 10.2 Å². The molecule has 2 heteroatoms. The highest BCUT2D eigenvalue weighted by molar-refractivity contribution is 4.77. The Bertz CT molecular complexity index is 79.0. The smallest absolute Gasteiger partial charge is 0.0719 e. The molecule has 0 spiro atoms. The lowest BCUT2D eigenvalue weighted by molar-refractivity contribution is 0.146. The zero-order valence-electron chi connectivity index (χ0n) is 5.75. The maximum absolute atomic E-state index is 8.88. The first-order valence-corrected chi connectivity index (χ1v) is 3.15. The SMILES string of the molecule is C=CC(O)CCC(C)O. The third-order valence-electron chi connectivity index (χ3n) is 1.15. The van der Waals surface area contributed by atoms with Crippen molar-refractivity contribution in [2.24, 2.45) is 0 Å². The van der Waals surface area contributed by atoms with Gasteiger partial charge in [0.25, 0.3) is 0 Å². The Labute approximate surface area is 55.8 Å². The topological polar surface area (TPSA) is 40.5 Å². The molecule has 0 bridgehead atoms. The molecule has 0 aromatic rings. The molecule has 0 aliphatic heterocycles. The van der Waals surface area contributed by atoms with E-state index in [-0.39, 0.29) is 6.10 Å². The van der Waals surface area contributed by atoms with E-state index in [1.54, 1.807) is 6.92 Å². The average Bonchev–Trinajstić information content (AvgIpc) is 1.83. The van der Waals surface area contributed by atoms with Crippen molar-refractivity contribution in [3.63, 3.8) is 0 Å². The summed E-state index contributed by atoms with van der Waals surface area (Å²) in [6.45, 7) is 5.11. The molecule has 0 saturated carbocycles. The monoisotopic (exact) mass is 130 g/mol. The van der Waals surface area contributed by atoms with Crippen molar-refractivity contribution in [3.8, 4) is 0 Å². The molecule has 2 unspecified atom stereocenters. The second-order valence-corrected chi connectivity index (χ2v) is 2.23. The van der Waals surface area contributed by atoms with Crippen LogP contribution in [0.2, 0.25) is 0 Å². The molecule has 9 heavy (non-hydrogen) atoms. The van der Waals surface area contributed by atoms with Crippen LogP contribution in [0.4, 0.5) is 0 Å². The Morgan fingerprint density at radius 1 is 1.44 bits per heavy atom. The third kappa shape index (κ3) is 5.53. The number of aliphatic hydroxyl groups is 2. The van der Waals surface area contributed by atoms with Gasteiger partial charge in [-0.25, -0.2) is 0 Å². The minimum Gasteiger partial charge on any atom is -0.393 e. The highest BCUT2D eigenvalue weighted by atomic mass is 16.3. The molecule has 0 aromatic carbocycles. The summed E-state index contributed by atoms with van der Waals surface area (Å²) in [6.07, 6.45) is 1.93. The summed E-state index contributed by atoms with van der Waals surface area (Å²) < 4.78 is 0. The van der Waals surface area contributed by atoms with E-state index in [1.165, 1.54) is 6.08 Å². The Hall–Kier alpha value is -0.340. The highest BCUT2D eigenvalue weighted by Gasteiger charge is 2.00. The largest absolute Gasteiger partial charge is 0.393 e. The molecule has 0 aliphatic carbocycles. The molecule has 2 N–H and O–H groups in total. The number of hydrogen-bond acceptors (Lipinski definition) is 2. The van der Waals surface area contributed by atoms with Crippen LogP contribution in [-0.2, 0) is 0 Å². The maximum Gasteiger partial charge on any atom is 0.0719 e. The molecule has 0 fully saturated rings. The van der Waals surface area contributed by atoms with Gasteiger partial charge in [-0.2, -0.15) is 0 Å². The van der Waals surface area contributed by atoms with E-state index in [0.29, 0.717) is 12.8 Å². The number of hydrogen-bond donors (Lipinski definition) is 2. The van der Waals surface area contributed by atoms with Gasteiger partial charge in [0.2, 0.25) is 0 Å². The van der Waals surface area contributed by atoms with Crippen molar-refractivity contribution in [2.75, 3.05) is 0 Å². The Morgan fingerprint density at radius 3 is 2.33 bits per heavy atom. The van der Waals surface area contributed by atoms with Crippen LogP contribution in [0.5, 0.6) is 0 Å². The summed E-state index contributed by atoms with van der Waals surface area (Å²) in [5.74, 6) is 0. The van der Waals surface area contributed by atoms with E-state index in [4.69, 9.17) is 10.2 Å². The standard InChI is InChI=1S/C7H14O2/c1-3-7(9)5-4-6(2)8/h3,6-9H,1,4-5H2,2H3. The fraction of sp³-hybridized carbons (Fsp3) is 0.714. The predicted molar refractivity (Wildman–Crippen MR) is 37.1 cm³/mol. The summed E-state index contributed by atoms with van der Waals surface area (Å²) in [6, 6.07) is 0. The lowest BCUT2D eigenvalue weighted by Gasteiger charge is -2.05. The minimum absolute atomic E-state index is 0.320. The lowest BCUT2D eigenvalue weighted by atomic mass is 10.1. The van der Waals surface area contributed by atoms with Gasteiger partial charge in [-0.1, -0.05) is 6.08 Å². The second-order valence-electron chi connectivity index (χ2n) is 2.23. The predicted octanol–water partition coefficient (Wildman–Crippen LogP) is 0.694. The first kappa shape index (κ1) is 8.66. The van der Waals surface area contributed by atoms with Crippen LogP contribution < -0.4 is 0 Å². The Morgan fingerprint density at radius 2 is 2.00 bits per heavy atom. The van der Waals surface area contributed by atoms with E-state index in [1.807, 2.05) is 0 Å². The van der Waals surface area contributed by atoms with Crippen molar-refractivity contribution in [1.82, 2.24) is 0 Å². The van der Waals surface area contributed by atoms with Crippen LogP contribution in [0.3, 0.4) is 0 Å². The lowest BCUT2D eigenvalue weighted by Crippen LogP contribution is -2.07. The van der Waals surface area contributed by atoms with Crippen molar-refractivity contribution in [1.29, 1.82) is 0 Å². The summed E-state index contributed by atoms with van der Waals surface area (Å²) in [7, 11) is 0. The molecule has 0 aliphatic rings. The van der Waals surface area contributed by atoms with Crippen LogP contribution in [0, 0.1) is 0 Å². The van der Waals surface area contributed by atoms with Gasteiger partial charge in [0.15, 0.2) is 0 Å². The van der Waals surface area contributed by atoms with Crippen LogP contribution >= 0.6 is 0 Å². The van der Waals surface area contributed by atoms with E-state index >= 15 is 0 Å². The van der Waals surface area contributed by atoms with E-state index in [0.717, 1.165) is 0 Å². The Balaban J connectivity index is 3.16. The zero-order valence-corrected chi connectivity index (χ0v) is 5.75. The highest BCUT2D eigenvalue weighted by Crippen LogP contribution is 2.00. The third-order valence-corrected chi connectivity index (χ3v) is 1.15. The van der Waals surface area contributed by atoms with Crippen molar-refractivity contribution in [2.45, 2.75) is 32.0 Å². The molecule has 0 saturated heterocycles. The quantitative estimate of drug-likeness (QED) is 0.550. The fourth-order valence-electron chi connectivity index (χ4n) is 0.530. The molecular weight excluding hydrogens is 116 g/mol. The van der Waals surface area contributed by atoms with Gasteiger partial charge in [-0.3, -0.25) is 0 Å². The van der Waals surface area contributed by atoms with Crippen molar-refractivity contribution in [3.05, 3.63) is 12.7 Å². The van der Waals surface area contributed by atoms with E-state index in [9.17, 15) is 0 Å². The van der Waals surface area contributed by atoms with Gasteiger partial charge in [0, 0.05) is 0 Å². The van der Waals surface area contributed by atoms with Gasteiger partial charge in [0.1, 0.15) is 0 Å². The zero-order chi connectivity index (χ0) is 7.28. The first-order valence-electron chi connectivity index (χ1n) is 3.15. The van der Waals surface area contributed by atoms with Crippen LogP contribution in [0.25, 0.3) is 0 Å². The van der Waals surface area contributed by atoms with E-state index in [2.05, 4.69) is 6.58 Å². The summed E-state index contributed by atoms with van der Waals surface area (Å²) in [5.41, 5.74) is 0. The molecule has 0 rings (SSSR count). The normalized spacial score (nSPS) is 16.8. The molecular formula is C7H14O2. The molecule has 0 aromatic heterocycles. The van der Waals surface area contributed by atoms with Gasteiger partial charge >= 0.3 is 0 Å². The van der Waals surface area contributed by atoms with Gasteiger partial charge in [0.05, 0.1) is 12.2 Å². The summed E-state index contributed by atoms with van der Waals surface area (Å²) >= 11 is 0. The second kappa shape index (κ2) is 4.53. The molecule has 54 valence electrons. The average molecular weight is 130 g/mol. The molecule has 0 amide bonds. The minimum atomic E-state index is -0.459. The van der Waals surface area contributed by atoms with Gasteiger partial charge in [-0.15, -0.1) is 6.58 Å². The maximum atomic E-state index is 8.88. The van der Waals surface area contributed by atoms with Crippen LogP contribution in [0.1, 0.15) is 19.8 Å². The first-order chi connectivity index (χ1) is 4.16. The number of rotatable bonds is 4. The summed E-state index contributed by atoms with van der Waals surface area (Å²) in [4.78, 5) is 0. The fourth-order valence-corrected chi connectivity index (χ4v) is 0.530. The molecule has 0 radical (unpaired) electrons. The van der Waals surface area contributed by atoms with Crippen LogP contribution in [0.15, 0.2) is 12.7 Å². The van der Waals surface area contributed by atoms with Gasteiger partial charge < -0.3 is 10.2 Å². The van der Waals surface area contributed by atoms with Gasteiger partial charge in [-0.05, 0) is 19.8 Å². The molecule has 2 nitrogen and oxygen atoms in total.